The summed E-state index contributed by atoms with van der Waals surface area (Å²) in [7, 11) is -1.80. The molecule has 1 aromatic rings. The molecular weight excluding hydrogens is 369 g/mol. The number of halogens is 3. The molecule has 24 heavy (non-hydrogen) atoms. The topological polar surface area (TPSA) is 82.6 Å². The molecule has 1 fully saturated rings. The van der Waals surface area contributed by atoms with Crippen molar-refractivity contribution in [2.45, 2.75) is 18.0 Å². The van der Waals surface area contributed by atoms with E-state index >= 15 is 0 Å². The molecule has 0 saturated carbocycles. The van der Waals surface area contributed by atoms with Gasteiger partial charge in [0.15, 0.2) is 0 Å². The van der Waals surface area contributed by atoms with Crippen LogP contribution in [0.5, 0.6) is 0 Å². The smallest absolute Gasteiger partial charge is 0.333 e. The average Bonchev–Trinajstić information content (AvgIpc) is 3.13. The van der Waals surface area contributed by atoms with E-state index in [2.05, 4.69) is 9.69 Å². The highest BCUT2D eigenvalue weighted by Crippen LogP contribution is 2.37. The average molecular weight is 386 g/mol. The zero-order valence-corrected chi connectivity index (χ0v) is 14.6. The number of carbonyl (C=O) groups excluding carboxylic acids is 1. The van der Waals surface area contributed by atoms with Crippen molar-refractivity contribution in [1.82, 2.24) is 18.9 Å². The van der Waals surface area contributed by atoms with Crippen LogP contribution >= 0.6 is 11.5 Å². The second-order valence-electron chi connectivity index (χ2n) is 5.56. The van der Waals surface area contributed by atoms with Crippen molar-refractivity contribution < 1.29 is 26.4 Å². The van der Waals surface area contributed by atoms with Gasteiger partial charge in [0.2, 0.25) is 10.0 Å². The van der Waals surface area contributed by atoms with Crippen LogP contribution in [0.25, 0.3) is 0 Å². The van der Waals surface area contributed by atoms with Crippen LogP contribution in [0.2, 0.25) is 0 Å². The van der Waals surface area contributed by atoms with Gasteiger partial charge in [-0.3, -0.25) is 0 Å². The fourth-order valence-electron chi connectivity index (χ4n) is 2.43. The van der Waals surface area contributed by atoms with Crippen molar-refractivity contribution in [3.8, 4) is 0 Å². The molecule has 2 rings (SSSR count). The van der Waals surface area contributed by atoms with Gasteiger partial charge in [0, 0.05) is 38.3 Å². The first-order valence-corrected chi connectivity index (χ1v) is 9.21. The SMILES string of the molecule is CN(C)S(=O)(=O)[C@@H]1CN(C(=O)NCc2ccns2)C[C@H]1C(F)(F)F. The molecule has 1 N–H and O–H groups in total. The van der Waals surface area contributed by atoms with Crippen molar-refractivity contribution in [2.24, 2.45) is 5.92 Å². The minimum absolute atomic E-state index is 0.127. The molecule has 1 aliphatic rings. The Morgan fingerprint density at radius 1 is 1.46 bits per heavy atom. The first kappa shape index (κ1) is 18.9. The van der Waals surface area contributed by atoms with E-state index in [9.17, 15) is 26.4 Å². The number of amides is 2. The number of carbonyl (C=O) groups is 1. The Kier molecular flexibility index (Phi) is 5.40. The molecule has 7 nitrogen and oxygen atoms in total. The number of likely N-dealkylation sites (tertiary alicyclic amines) is 1. The summed E-state index contributed by atoms with van der Waals surface area (Å²) in [6, 6.07) is 0.946. The number of alkyl halides is 3. The lowest BCUT2D eigenvalue weighted by molar-refractivity contribution is -0.169. The van der Waals surface area contributed by atoms with Crippen LogP contribution in [0.3, 0.4) is 0 Å². The molecule has 0 bridgehead atoms. The van der Waals surface area contributed by atoms with Gasteiger partial charge in [-0.2, -0.15) is 13.2 Å². The predicted molar refractivity (Wildman–Crippen MR) is 81.9 cm³/mol. The van der Waals surface area contributed by atoms with Gasteiger partial charge < -0.3 is 10.2 Å². The standard InChI is InChI=1S/C12H17F3N4O3S2/c1-18(2)24(21,22)10-7-19(6-9(10)12(13,14)15)11(20)16-5-8-3-4-17-23-8/h3-4,9-10H,5-7H2,1-2H3,(H,16,20)/t9-,10-/m1/s1. The Morgan fingerprint density at radius 2 is 2.12 bits per heavy atom. The summed E-state index contributed by atoms with van der Waals surface area (Å²) in [5.41, 5.74) is 0. The second kappa shape index (κ2) is 6.84. The second-order valence-corrected chi connectivity index (χ2v) is 8.84. The van der Waals surface area contributed by atoms with Gasteiger partial charge in [-0.05, 0) is 17.6 Å². The molecule has 1 aromatic heterocycles. The lowest BCUT2D eigenvalue weighted by Gasteiger charge is -2.23. The third-order valence-corrected chi connectivity index (χ3v) is 6.77. The van der Waals surface area contributed by atoms with Gasteiger partial charge >= 0.3 is 12.2 Å². The first-order valence-electron chi connectivity index (χ1n) is 6.94. The van der Waals surface area contributed by atoms with Crippen molar-refractivity contribution in [1.29, 1.82) is 0 Å². The van der Waals surface area contributed by atoms with Crippen LogP contribution in [-0.4, -0.2) is 66.6 Å². The summed E-state index contributed by atoms with van der Waals surface area (Å²) in [5, 5.41) is 0.775. The molecule has 2 heterocycles. The molecule has 2 amide bonds. The Hall–Kier alpha value is -1.40. The number of rotatable bonds is 4. The van der Waals surface area contributed by atoms with E-state index in [-0.39, 0.29) is 6.54 Å². The van der Waals surface area contributed by atoms with Crippen LogP contribution in [0.15, 0.2) is 12.3 Å². The normalized spacial score (nSPS) is 22.2. The Bertz CT molecular complexity index is 676. The summed E-state index contributed by atoms with van der Waals surface area (Å²) in [6.45, 7) is -1.06. The molecule has 0 aromatic carbocycles. The molecule has 0 aliphatic carbocycles. The molecule has 0 unspecified atom stereocenters. The Morgan fingerprint density at radius 3 is 2.62 bits per heavy atom. The predicted octanol–water partition coefficient (Wildman–Crippen LogP) is 1.11. The zero-order valence-electron chi connectivity index (χ0n) is 12.9. The Balaban J connectivity index is 2.12. The van der Waals surface area contributed by atoms with Crippen LogP contribution < -0.4 is 5.32 Å². The van der Waals surface area contributed by atoms with Crippen LogP contribution in [0.4, 0.5) is 18.0 Å². The molecule has 1 aliphatic heterocycles. The molecule has 1 saturated heterocycles. The molecule has 2 atom stereocenters. The molecule has 12 heteroatoms. The largest absolute Gasteiger partial charge is 0.394 e. The fraction of sp³-hybridized carbons (Fsp3) is 0.667. The van der Waals surface area contributed by atoms with Crippen molar-refractivity contribution in [3.63, 3.8) is 0 Å². The summed E-state index contributed by atoms with van der Waals surface area (Å²) in [5.74, 6) is -2.11. The van der Waals surface area contributed by atoms with E-state index in [1.54, 1.807) is 12.3 Å². The van der Waals surface area contributed by atoms with E-state index in [1.165, 1.54) is 14.1 Å². The highest BCUT2D eigenvalue weighted by atomic mass is 32.2. The van der Waals surface area contributed by atoms with Gasteiger partial charge in [0.05, 0.1) is 12.5 Å². The summed E-state index contributed by atoms with van der Waals surface area (Å²) >= 11 is 1.16. The van der Waals surface area contributed by atoms with E-state index in [0.717, 1.165) is 25.6 Å². The number of hydrogen-bond acceptors (Lipinski definition) is 5. The molecule has 0 spiro atoms. The molecule has 136 valence electrons. The van der Waals surface area contributed by atoms with Crippen molar-refractivity contribution >= 4 is 27.6 Å². The number of sulfonamides is 1. The maximum Gasteiger partial charge on any atom is 0.394 e. The van der Waals surface area contributed by atoms with Crippen molar-refractivity contribution in [2.75, 3.05) is 27.2 Å². The van der Waals surface area contributed by atoms with E-state index in [1.807, 2.05) is 0 Å². The van der Waals surface area contributed by atoms with Crippen LogP contribution in [-0.2, 0) is 16.6 Å². The van der Waals surface area contributed by atoms with Crippen LogP contribution in [0, 0.1) is 5.92 Å². The van der Waals surface area contributed by atoms with Gasteiger partial charge in [0.1, 0.15) is 5.25 Å². The molecular formula is C12H17F3N4O3S2. The Labute approximate surface area is 141 Å². The third kappa shape index (κ3) is 3.98. The quantitative estimate of drug-likeness (QED) is 0.840. The number of hydrogen-bond donors (Lipinski definition) is 1. The van der Waals surface area contributed by atoms with E-state index in [4.69, 9.17) is 0 Å². The van der Waals surface area contributed by atoms with Crippen LogP contribution in [0.1, 0.15) is 4.88 Å². The summed E-state index contributed by atoms with van der Waals surface area (Å²) < 4.78 is 68.5. The van der Waals surface area contributed by atoms with E-state index < -0.39 is 46.5 Å². The van der Waals surface area contributed by atoms with Gasteiger partial charge in [-0.1, -0.05) is 0 Å². The monoisotopic (exact) mass is 386 g/mol. The lowest BCUT2D eigenvalue weighted by Crippen LogP contribution is -2.43. The highest BCUT2D eigenvalue weighted by Gasteiger charge is 2.55. The lowest BCUT2D eigenvalue weighted by atomic mass is 10.1. The van der Waals surface area contributed by atoms with Gasteiger partial charge in [0.25, 0.3) is 0 Å². The molecule has 0 radical (unpaired) electrons. The number of nitrogens with one attached hydrogen (secondary N) is 1. The maximum absolute atomic E-state index is 13.2. The minimum atomic E-state index is -4.71. The highest BCUT2D eigenvalue weighted by molar-refractivity contribution is 7.89. The third-order valence-electron chi connectivity index (χ3n) is 3.77. The van der Waals surface area contributed by atoms with Crippen molar-refractivity contribution in [3.05, 3.63) is 17.1 Å². The summed E-state index contributed by atoms with van der Waals surface area (Å²) in [6.07, 6.45) is -3.16. The zero-order chi connectivity index (χ0) is 18.1. The number of nitrogens with zero attached hydrogens (tertiary/aromatic N) is 3. The van der Waals surface area contributed by atoms with E-state index in [0.29, 0.717) is 0 Å². The summed E-state index contributed by atoms with van der Waals surface area (Å²) in [4.78, 5) is 13.7. The first-order chi connectivity index (χ1) is 11.0. The van der Waals surface area contributed by atoms with Gasteiger partial charge in [-0.25, -0.2) is 21.9 Å². The fourth-order valence-corrected chi connectivity index (χ4v) is 4.52. The minimum Gasteiger partial charge on any atom is -0.333 e. The number of urea groups is 1. The van der Waals surface area contributed by atoms with Gasteiger partial charge in [-0.15, -0.1) is 0 Å². The number of aromatic nitrogens is 1. The maximum atomic E-state index is 13.2.